The van der Waals surface area contributed by atoms with E-state index in [2.05, 4.69) is 16.2 Å². The quantitative estimate of drug-likeness (QED) is 0.553. The Morgan fingerprint density at radius 1 is 1.12 bits per heavy atom. The van der Waals surface area contributed by atoms with Gasteiger partial charge in [-0.15, -0.1) is 0 Å². The number of hydrogen-bond donors (Lipinski definition) is 4. The van der Waals surface area contributed by atoms with Crippen LogP contribution in [0.2, 0.25) is 0 Å². The number of nitrogens with two attached hydrogens (primary N) is 1. The molecule has 1 aromatic rings. The van der Waals surface area contributed by atoms with Crippen LogP contribution in [0.25, 0.3) is 0 Å². The van der Waals surface area contributed by atoms with Gasteiger partial charge in [-0.25, -0.2) is 4.79 Å². The van der Waals surface area contributed by atoms with Gasteiger partial charge in [-0.1, -0.05) is 20.3 Å². The summed E-state index contributed by atoms with van der Waals surface area (Å²) in [4.78, 5) is 35.2. The topological polar surface area (TPSA) is 123 Å². The summed E-state index contributed by atoms with van der Waals surface area (Å²) in [6, 6.07) is 4.87. The van der Waals surface area contributed by atoms with E-state index in [-0.39, 0.29) is 5.92 Å². The maximum Gasteiger partial charge on any atom is 0.312 e. The Balaban J connectivity index is 2.63. The van der Waals surface area contributed by atoms with Crippen molar-refractivity contribution in [3.63, 3.8) is 0 Å². The molecule has 0 spiro atoms. The van der Waals surface area contributed by atoms with Crippen LogP contribution in [-0.2, 0) is 4.79 Å². The second kappa shape index (κ2) is 9.39. The third-order valence-electron chi connectivity index (χ3n) is 3.52. The summed E-state index contributed by atoms with van der Waals surface area (Å²) in [7, 11) is 0. The van der Waals surface area contributed by atoms with E-state index in [1.807, 2.05) is 13.8 Å². The minimum Gasteiger partial charge on any atom is -0.494 e. The van der Waals surface area contributed by atoms with Gasteiger partial charge in [0.05, 0.1) is 6.61 Å². The average molecular weight is 336 g/mol. The van der Waals surface area contributed by atoms with Crippen LogP contribution in [0.4, 0.5) is 4.79 Å². The van der Waals surface area contributed by atoms with Crippen molar-refractivity contribution in [3.8, 4) is 5.75 Å². The zero-order valence-electron chi connectivity index (χ0n) is 14.1. The van der Waals surface area contributed by atoms with Crippen molar-refractivity contribution < 1.29 is 19.1 Å². The Kier molecular flexibility index (Phi) is 7.54. The van der Waals surface area contributed by atoms with Crippen molar-refractivity contribution in [2.24, 2.45) is 11.7 Å². The zero-order chi connectivity index (χ0) is 18.1. The molecule has 1 rings (SSSR count). The molecule has 0 aliphatic heterocycles. The third kappa shape index (κ3) is 5.79. The van der Waals surface area contributed by atoms with E-state index in [0.717, 1.165) is 0 Å². The number of carbonyl (C=O) groups excluding carboxylic acids is 3. The molecule has 2 atom stereocenters. The number of primary amides is 1. The maximum absolute atomic E-state index is 12.1. The number of amides is 4. The predicted molar refractivity (Wildman–Crippen MR) is 89.2 cm³/mol. The summed E-state index contributed by atoms with van der Waals surface area (Å²) in [5.41, 5.74) is 10.1. The van der Waals surface area contributed by atoms with E-state index >= 15 is 0 Å². The summed E-state index contributed by atoms with van der Waals surface area (Å²) < 4.78 is 5.29. The van der Waals surface area contributed by atoms with Gasteiger partial charge in [0.1, 0.15) is 11.8 Å². The molecule has 24 heavy (non-hydrogen) atoms. The van der Waals surface area contributed by atoms with Crippen LogP contribution >= 0.6 is 0 Å². The van der Waals surface area contributed by atoms with Crippen LogP contribution in [-0.4, -0.2) is 30.5 Å². The molecule has 0 saturated heterocycles. The van der Waals surface area contributed by atoms with Crippen molar-refractivity contribution in [3.05, 3.63) is 29.8 Å². The second-order valence-electron chi connectivity index (χ2n) is 5.27. The molecule has 0 aliphatic rings. The smallest absolute Gasteiger partial charge is 0.312 e. The molecule has 0 saturated carbocycles. The van der Waals surface area contributed by atoms with E-state index in [0.29, 0.717) is 24.3 Å². The average Bonchev–Trinajstić information content (AvgIpc) is 2.57. The number of rotatable bonds is 7. The van der Waals surface area contributed by atoms with Crippen LogP contribution in [0.5, 0.6) is 5.75 Å². The molecular weight excluding hydrogens is 312 g/mol. The van der Waals surface area contributed by atoms with Gasteiger partial charge in [0.2, 0.25) is 0 Å². The van der Waals surface area contributed by atoms with Gasteiger partial charge < -0.3 is 15.8 Å². The summed E-state index contributed by atoms with van der Waals surface area (Å²) in [6.07, 6.45) is 0.658. The lowest BCUT2D eigenvalue weighted by molar-refractivity contribution is -0.124. The molecular formula is C16H24N4O4. The van der Waals surface area contributed by atoms with Gasteiger partial charge in [0.25, 0.3) is 11.8 Å². The number of hydrazine groups is 1. The van der Waals surface area contributed by atoms with Crippen molar-refractivity contribution >= 4 is 17.8 Å². The molecule has 1 aromatic carbocycles. The summed E-state index contributed by atoms with van der Waals surface area (Å²) in [5, 5.41) is 2.37. The monoisotopic (exact) mass is 336 g/mol. The lowest BCUT2D eigenvalue weighted by Gasteiger charge is -2.22. The van der Waals surface area contributed by atoms with E-state index in [1.165, 1.54) is 0 Å². The highest BCUT2D eigenvalue weighted by molar-refractivity contribution is 5.96. The molecule has 0 heterocycles. The summed E-state index contributed by atoms with van der Waals surface area (Å²) in [5.74, 6) is -0.503. The zero-order valence-corrected chi connectivity index (χ0v) is 14.1. The minimum absolute atomic E-state index is 0.139. The molecule has 8 nitrogen and oxygen atoms in total. The highest BCUT2D eigenvalue weighted by Crippen LogP contribution is 2.12. The lowest BCUT2D eigenvalue weighted by Crippen LogP contribution is -2.55. The van der Waals surface area contributed by atoms with Gasteiger partial charge in [0.15, 0.2) is 0 Å². The van der Waals surface area contributed by atoms with Gasteiger partial charge >= 0.3 is 6.03 Å². The molecule has 132 valence electrons. The summed E-state index contributed by atoms with van der Waals surface area (Å²) in [6.45, 7) is 6.08. The molecule has 0 aromatic heterocycles. The van der Waals surface area contributed by atoms with Crippen molar-refractivity contribution in [1.82, 2.24) is 16.2 Å². The summed E-state index contributed by atoms with van der Waals surface area (Å²) >= 11 is 0. The molecule has 0 radical (unpaired) electrons. The molecule has 5 N–H and O–H groups in total. The largest absolute Gasteiger partial charge is 0.494 e. The van der Waals surface area contributed by atoms with Crippen LogP contribution in [0.1, 0.15) is 37.6 Å². The Morgan fingerprint density at radius 3 is 2.25 bits per heavy atom. The van der Waals surface area contributed by atoms with Gasteiger partial charge in [-0.2, -0.15) is 0 Å². The fourth-order valence-corrected chi connectivity index (χ4v) is 1.99. The van der Waals surface area contributed by atoms with E-state index < -0.39 is 23.9 Å². The number of ether oxygens (including phenoxy) is 1. The maximum atomic E-state index is 12.1. The van der Waals surface area contributed by atoms with Crippen molar-refractivity contribution in [2.75, 3.05) is 6.61 Å². The molecule has 0 fully saturated rings. The first-order valence-electron chi connectivity index (χ1n) is 7.78. The Labute approximate surface area is 141 Å². The molecule has 8 heteroatoms. The number of hydrogen-bond acceptors (Lipinski definition) is 4. The number of benzene rings is 1. The van der Waals surface area contributed by atoms with E-state index in [9.17, 15) is 14.4 Å². The SMILES string of the molecule is CCOc1ccc(C(=O)NNC(=O)C(NC(N)=O)C(C)CC)cc1. The first-order valence-corrected chi connectivity index (χ1v) is 7.78. The number of nitrogens with one attached hydrogen (secondary N) is 3. The van der Waals surface area contributed by atoms with Crippen LogP contribution in [0.3, 0.4) is 0 Å². The fraction of sp³-hybridized carbons (Fsp3) is 0.438. The highest BCUT2D eigenvalue weighted by atomic mass is 16.5. The molecule has 2 unspecified atom stereocenters. The Bertz CT molecular complexity index is 574. The van der Waals surface area contributed by atoms with E-state index in [4.69, 9.17) is 10.5 Å². The third-order valence-corrected chi connectivity index (χ3v) is 3.52. The highest BCUT2D eigenvalue weighted by Gasteiger charge is 2.25. The minimum atomic E-state index is -0.826. The Morgan fingerprint density at radius 2 is 1.75 bits per heavy atom. The van der Waals surface area contributed by atoms with Crippen LogP contribution in [0.15, 0.2) is 24.3 Å². The molecule has 0 aliphatic carbocycles. The fourth-order valence-electron chi connectivity index (χ4n) is 1.99. The predicted octanol–water partition coefficient (Wildman–Crippen LogP) is 0.929. The van der Waals surface area contributed by atoms with Gasteiger partial charge in [-0.3, -0.25) is 20.4 Å². The lowest BCUT2D eigenvalue weighted by atomic mass is 9.99. The first kappa shape index (κ1) is 19.3. The molecule has 4 amide bonds. The Hall–Kier alpha value is -2.77. The van der Waals surface area contributed by atoms with Crippen molar-refractivity contribution in [1.29, 1.82) is 0 Å². The second-order valence-corrected chi connectivity index (χ2v) is 5.27. The molecule has 0 bridgehead atoms. The number of urea groups is 1. The van der Waals surface area contributed by atoms with Crippen LogP contribution < -0.4 is 26.6 Å². The van der Waals surface area contributed by atoms with Gasteiger partial charge in [-0.05, 0) is 37.1 Å². The van der Waals surface area contributed by atoms with E-state index in [1.54, 1.807) is 31.2 Å². The van der Waals surface area contributed by atoms with Crippen molar-refractivity contribution in [2.45, 2.75) is 33.2 Å². The normalized spacial score (nSPS) is 12.6. The standard InChI is InChI=1S/C16H24N4O4/c1-4-10(3)13(18-16(17)23)15(22)20-19-14(21)11-6-8-12(9-7-11)24-5-2/h6-10,13H,4-5H2,1-3H3,(H,19,21)(H,20,22)(H3,17,18,23). The van der Waals surface area contributed by atoms with Gasteiger partial charge in [0, 0.05) is 5.56 Å². The van der Waals surface area contributed by atoms with Crippen LogP contribution in [0, 0.1) is 5.92 Å². The first-order chi connectivity index (χ1) is 11.4. The number of carbonyl (C=O) groups is 3.